The Kier molecular flexibility index (Phi) is 8.15. The second-order valence-corrected chi connectivity index (χ2v) is 11.4. The number of hydrogen-bond donors (Lipinski definition) is 3. The van der Waals surface area contributed by atoms with E-state index in [2.05, 4.69) is 20.3 Å². The molecule has 0 radical (unpaired) electrons. The van der Waals surface area contributed by atoms with Gasteiger partial charge in [0.2, 0.25) is 12.2 Å². The third-order valence-electron chi connectivity index (χ3n) is 7.97. The van der Waals surface area contributed by atoms with E-state index in [-0.39, 0.29) is 19.0 Å². The predicted octanol–water partition coefficient (Wildman–Crippen LogP) is 4.66. The van der Waals surface area contributed by atoms with Crippen LogP contribution in [0.25, 0.3) is 22.6 Å². The number of H-pyrrole nitrogens is 1. The number of aromatic amines is 1. The number of aromatic nitrogens is 4. The van der Waals surface area contributed by atoms with Crippen molar-refractivity contribution in [2.45, 2.75) is 57.5 Å². The van der Waals surface area contributed by atoms with Crippen molar-refractivity contribution in [3.05, 3.63) is 72.3 Å². The highest BCUT2D eigenvalue weighted by atomic mass is 19.1. The van der Waals surface area contributed by atoms with Gasteiger partial charge in [0.25, 0.3) is 5.91 Å². The Hall–Kier alpha value is -4.62. The Labute approximate surface area is 252 Å². The van der Waals surface area contributed by atoms with Crippen LogP contribution in [0.1, 0.15) is 56.9 Å². The van der Waals surface area contributed by atoms with Crippen LogP contribution in [-0.4, -0.2) is 50.6 Å². The molecule has 4 aromatic rings. The molecule has 1 saturated carbocycles. The van der Waals surface area contributed by atoms with Crippen LogP contribution in [0.4, 0.5) is 10.3 Å². The number of carbonyl (C=O) groups excluding carboxylic acids is 2. The molecule has 0 bridgehead atoms. The fourth-order valence-electron chi connectivity index (χ4n) is 5.37. The first-order valence-electron chi connectivity index (χ1n) is 14.5. The van der Waals surface area contributed by atoms with Gasteiger partial charge in [-0.05, 0) is 75.1 Å². The van der Waals surface area contributed by atoms with Gasteiger partial charge in [0.05, 0.1) is 43.1 Å². The summed E-state index contributed by atoms with van der Waals surface area (Å²) in [4.78, 5) is 42.5. The van der Waals surface area contributed by atoms with Crippen LogP contribution in [0.2, 0.25) is 0 Å². The minimum absolute atomic E-state index is 0.0401. The molecular weight excluding hydrogens is 571 g/mol. The molecule has 13 heteroatoms. The van der Waals surface area contributed by atoms with Crippen LogP contribution >= 0.6 is 0 Å². The highest BCUT2D eigenvalue weighted by molar-refractivity contribution is 5.88. The number of ether oxygens (including phenoxy) is 3. The molecular formula is C31H33FN6O6. The Bertz CT molecular complexity index is 1610. The standard InChI is InChI=1S/C31H33FN6O6/c1-30(28(40)44-31(27(33)39)12-3-2-4-13-31)17-42-26(43-18-30)25-37-23(19-7-9-20(32)10-8-19)24(38-25)22-11-14-34-29(36-22)35-16-21-6-5-15-41-21/h5-11,14-15,26H,2-4,12-13,16-18H2,1H3,(H2,33,39)(H,37,38)(H,34,35,36). The lowest BCUT2D eigenvalue weighted by molar-refractivity contribution is -0.243. The number of primary amides is 1. The van der Waals surface area contributed by atoms with Crippen LogP contribution in [0.5, 0.6) is 0 Å². The Balaban J connectivity index is 1.22. The monoisotopic (exact) mass is 604 g/mol. The minimum Gasteiger partial charge on any atom is -0.467 e. The third-order valence-corrected chi connectivity index (χ3v) is 7.97. The van der Waals surface area contributed by atoms with Crippen molar-refractivity contribution in [1.82, 2.24) is 19.9 Å². The average molecular weight is 605 g/mol. The number of rotatable bonds is 9. The highest BCUT2D eigenvalue weighted by Gasteiger charge is 2.48. The molecule has 44 heavy (non-hydrogen) atoms. The normalized spacial score (nSPS) is 21.5. The second kappa shape index (κ2) is 12.2. The van der Waals surface area contributed by atoms with Gasteiger partial charge in [0.15, 0.2) is 11.4 Å². The predicted molar refractivity (Wildman–Crippen MR) is 155 cm³/mol. The lowest BCUT2D eigenvalue weighted by Crippen LogP contribution is -2.53. The first kappa shape index (κ1) is 29.5. The molecule has 0 atom stereocenters. The maximum absolute atomic E-state index is 13.8. The quantitative estimate of drug-likeness (QED) is 0.229. The topological polar surface area (TPSA) is 167 Å². The Morgan fingerprint density at radius 2 is 1.84 bits per heavy atom. The highest BCUT2D eigenvalue weighted by Crippen LogP contribution is 2.38. The van der Waals surface area contributed by atoms with Gasteiger partial charge in [-0.25, -0.2) is 19.3 Å². The Morgan fingerprint density at radius 3 is 2.52 bits per heavy atom. The Morgan fingerprint density at radius 1 is 1.09 bits per heavy atom. The third kappa shape index (κ3) is 6.06. The lowest BCUT2D eigenvalue weighted by Gasteiger charge is -2.39. The van der Waals surface area contributed by atoms with Gasteiger partial charge in [-0.3, -0.25) is 9.59 Å². The number of nitrogens with two attached hydrogens (primary N) is 1. The van der Waals surface area contributed by atoms with Crippen molar-refractivity contribution in [3.8, 4) is 22.6 Å². The molecule has 4 heterocycles. The van der Waals surface area contributed by atoms with Crippen LogP contribution in [-0.2, 0) is 30.3 Å². The number of furan rings is 1. The van der Waals surface area contributed by atoms with E-state index in [0.29, 0.717) is 53.8 Å². The van der Waals surface area contributed by atoms with Crippen molar-refractivity contribution >= 4 is 17.8 Å². The summed E-state index contributed by atoms with van der Waals surface area (Å²) in [6.07, 6.45) is 5.53. The zero-order valence-corrected chi connectivity index (χ0v) is 24.2. The van der Waals surface area contributed by atoms with E-state index in [1.165, 1.54) is 12.1 Å². The number of hydrogen-bond acceptors (Lipinski definition) is 10. The van der Waals surface area contributed by atoms with Crippen molar-refractivity contribution < 1.29 is 32.6 Å². The smallest absolute Gasteiger partial charge is 0.317 e. The molecule has 0 unspecified atom stereocenters. The average Bonchev–Trinajstić information content (AvgIpc) is 3.72. The maximum Gasteiger partial charge on any atom is 0.317 e. The number of nitrogens with zero attached hydrogens (tertiary/aromatic N) is 3. The van der Waals surface area contributed by atoms with E-state index in [4.69, 9.17) is 29.3 Å². The maximum atomic E-state index is 13.8. The van der Waals surface area contributed by atoms with Gasteiger partial charge < -0.3 is 34.7 Å². The van der Waals surface area contributed by atoms with E-state index >= 15 is 0 Å². The van der Waals surface area contributed by atoms with E-state index in [0.717, 1.165) is 25.0 Å². The molecule has 2 fully saturated rings. The number of nitrogens with one attached hydrogen (secondary N) is 2. The number of halogens is 1. The number of carbonyl (C=O) groups is 2. The zero-order valence-electron chi connectivity index (χ0n) is 24.2. The van der Waals surface area contributed by atoms with E-state index in [9.17, 15) is 14.0 Å². The molecule has 1 aromatic carbocycles. The summed E-state index contributed by atoms with van der Waals surface area (Å²) in [7, 11) is 0. The summed E-state index contributed by atoms with van der Waals surface area (Å²) in [6, 6.07) is 11.3. The summed E-state index contributed by atoms with van der Waals surface area (Å²) in [5, 5.41) is 3.13. The molecule has 4 N–H and O–H groups in total. The number of imidazole rings is 1. The molecule has 2 aliphatic rings. The van der Waals surface area contributed by atoms with Gasteiger partial charge in [0.1, 0.15) is 17.0 Å². The fraction of sp³-hybridized carbons (Fsp3) is 0.387. The van der Waals surface area contributed by atoms with E-state index in [1.807, 2.05) is 6.07 Å². The molecule has 0 spiro atoms. The second-order valence-electron chi connectivity index (χ2n) is 11.4. The number of amides is 1. The van der Waals surface area contributed by atoms with Gasteiger partial charge in [-0.15, -0.1) is 0 Å². The van der Waals surface area contributed by atoms with E-state index in [1.54, 1.807) is 43.6 Å². The van der Waals surface area contributed by atoms with Crippen LogP contribution in [0, 0.1) is 11.2 Å². The van der Waals surface area contributed by atoms with Crippen molar-refractivity contribution in [1.29, 1.82) is 0 Å². The summed E-state index contributed by atoms with van der Waals surface area (Å²) in [6.45, 7) is 1.98. The van der Waals surface area contributed by atoms with Gasteiger partial charge >= 0.3 is 5.97 Å². The van der Waals surface area contributed by atoms with Gasteiger partial charge in [0, 0.05) is 11.8 Å². The van der Waals surface area contributed by atoms with E-state index < -0.39 is 29.2 Å². The molecule has 12 nitrogen and oxygen atoms in total. The van der Waals surface area contributed by atoms with Crippen LogP contribution < -0.4 is 11.1 Å². The molecule has 230 valence electrons. The summed E-state index contributed by atoms with van der Waals surface area (Å²) in [5.74, 6) is -0.190. The molecule has 1 aliphatic carbocycles. The van der Waals surface area contributed by atoms with Crippen molar-refractivity contribution in [2.24, 2.45) is 11.1 Å². The van der Waals surface area contributed by atoms with Crippen molar-refractivity contribution in [3.63, 3.8) is 0 Å². The first-order valence-corrected chi connectivity index (χ1v) is 14.5. The SMILES string of the molecule is CC1(C(=O)OC2(C(N)=O)CCCCC2)COC(c2nc(-c3ccc(F)cc3)c(-c3ccnc(NCc4ccco4)n3)[nH]2)OC1. The van der Waals surface area contributed by atoms with Gasteiger partial charge in [-0.1, -0.05) is 6.42 Å². The van der Waals surface area contributed by atoms with Crippen molar-refractivity contribution in [2.75, 3.05) is 18.5 Å². The number of anilines is 1. The molecule has 1 aliphatic heterocycles. The zero-order chi connectivity index (χ0) is 30.7. The largest absolute Gasteiger partial charge is 0.467 e. The number of esters is 1. The summed E-state index contributed by atoms with van der Waals surface area (Å²) < 4.78 is 36.9. The van der Waals surface area contributed by atoms with Crippen LogP contribution in [0.3, 0.4) is 0 Å². The summed E-state index contributed by atoms with van der Waals surface area (Å²) in [5.41, 5.74) is 5.39. The molecule has 6 rings (SSSR count). The molecule has 1 amide bonds. The minimum atomic E-state index is -1.31. The molecule has 1 saturated heterocycles. The van der Waals surface area contributed by atoms with Gasteiger partial charge in [-0.2, -0.15) is 0 Å². The first-order chi connectivity index (χ1) is 21.2. The van der Waals surface area contributed by atoms with Crippen LogP contribution in [0.15, 0.2) is 59.3 Å². The fourth-order valence-corrected chi connectivity index (χ4v) is 5.37. The molecule has 3 aromatic heterocycles. The summed E-state index contributed by atoms with van der Waals surface area (Å²) >= 11 is 0. The number of benzene rings is 1. The lowest BCUT2D eigenvalue weighted by atomic mass is 9.83.